The maximum atomic E-state index is 12.2. The summed E-state index contributed by atoms with van der Waals surface area (Å²) in [6, 6.07) is 0. The van der Waals surface area contributed by atoms with Gasteiger partial charge in [-0.25, -0.2) is 8.42 Å². The first-order chi connectivity index (χ1) is 8.00. The smallest absolute Gasteiger partial charge is 0.240 e. The Kier molecular flexibility index (Phi) is 3.98. The van der Waals surface area contributed by atoms with Crippen LogP contribution in [0.15, 0.2) is 0 Å². The van der Waals surface area contributed by atoms with E-state index >= 15 is 0 Å². The molecule has 98 valence electrons. The van der Waals surface area contributed by atoms with Gasteiger partial charge in [0.15, 0.2) is 9.84 Å². The van der Waals surface area contributed by atoms with Crippen molar-refractivity contribution in [2.75, 3.05) is 18.8 Å². The van der Waals surface area contributed by atoms with Crippen LogP contribution in [0.2, 0.25) is 0 Å². The summed E-state index contributed by atoms with van der Waals surface area (Å²) in [5.74, 6) is -0.0386. The van der Waals surface area contributed by atoms with Crippen molar-refractivity contribution in [3.05, 3.63) is 0 Å². The van der Waals surface area contributed by atoms with Crippen LogP contribution in [-0.2, 0) is 14.6 Å². The lowest BCUT2D eigenvalue weighted by Crippen LogP contribution is -2.48. The second-order valence-electron chi connectivity index (χ2n) is 4.85. The van der Waals surface area contributed by atoms with E-state index in [0.717, 1.165) is 19.3 Å². The molecule has 0 aromatic heterocycles. The number of hydrogen-bond donors (Lipinski definition) is 0. The lowest BCUT2D eigenvalue weighted by molar-refractivity contribution is -0.131. The van der Waals surface area contributed by atoms with Gasteiger partial charge in [-0.3, -0.25) is 4.79 Å². The second-order valence-corrected chi connectivity index (χ2v) is 7.77. The third-order valence-electron chi connectivity index (χ3n) is 3.59. The van der Waals surface area contributed by atoms with Crippen molar-refractivity contribution in [2.45, 2.75) is 42.7 Å². The van der Waals surface area contributed by atoms with E-state index in [4.69, 9.17) is 11.6 Å². The molecule has 17 heavy (non-hydrogen) atoms. The predicted octanol–water partition coefficient (Wildman–Crippen LogP) is 1.18. The van der Waals surface area contributed by atoms with Gasteiger partial charge in [-0.1, -0.05) is 6.42 Å². The normalized spacial score (nSPS) is 30.2. The van der Waals surface area contributed by atoms with Crippen LogP contribution in [0.4, 0.5) is 0 Å². The van der Waals surface area contributed by atoms with Crippen LogP contribution in [0, 0.1) is 0 Å². The van der Waals surface area contributed by atoms with Gasteiger partial charge < -0.3 is 4.90 Å². The van der Waals surface area contributed by atoms with Gasteiger partial charge in [0.25, 0.3) is 0 Å². The average molecular weight is 280 g/mol. The molecule has 2 saturated heterocycles. The third kappa shape index (κ3) is 2.94. The van der Waals surface area contributed by atoms with E-state index < -0.39 is 15.1 Å². The molecule has 2 rings (SSSR count). The average Bonchev–Trinajstić information content (AvgIpc) is 2.28. The number of sulfone groups is 1. The summed E-state index contributed by atoms with van der Waals surface area (Å²) in [6.45, 7) is 1.19. The van der Waals surface area contributed by atoms with Gasteiger partial charge in [-0.05, 0) is 25.7 Å². The number of likely N-dealkylation sites (tertiary alicyclic amines) is 1. The summed E-state index contributed by atoms with van der Waals surface area (Å²) in [4.78, 5) is 13.9. The Hall–Kier alpha value is -0.290. The van der Waals surface area contributed by atoms with Crippen LogP contribution < -0.4 is 0 Å². The van der Waals surface area contributed by atoms with Crippen molar-refractivity contribution in [1.82, 2.24) is 4.90 Å². The Morgan fingerprint density at radius 3 is 2.35 bits per heavy atom. The highest BCUT2D eigenvalue weighted by atomic mass is 35.5. The summed E-state index contributed by atoms with van der Waals surface area (Å²) in [5, 5.41) is -0.662. The first-order valence-corrected chi connectivity index (χ1v) is 8.30. The van der Waals surface area contributed by atoms with E-state index in [1.807, 2.05) is 0 Å². The maximum Gasteiger partial charge on any atom is 0.240 e. The summed E-state index contributed by atoms with van der Waals surface area (Å²) in [7, 11) is -3.21. The second kappa shape index (κ2) is 5.14. The molecule has 0 saturated carbocycles. The molecule has 2 fully saturated rings. The molecule has 2 aliphatic rings. The van der Waals surface area contributed by atoms with Crippen molar-refractivity contribution in [3.63, 3.8) is 0 Å². The molecule has 2 heterocycles. The van der Waals surface area contributed by atoms with Gasteiger partial charge in [0.1, 0.15) is 5.25 Å². The van der Waals surface area contributed by atoms with E-state index in [-0.39, 0.29) is 17.0 Å². The number of rotatable bonds is 1. The summed E-state index contributed by atoms with van der Waals surface area (Å²) in [5.41, 5.74) is 0. The van der Waals surface area contributed by atoms with Gasteiger partial charge in [0.2, 0.25) is 5.91 Å². The highest BCUT2D eigenvalue weighted by Gasteiger charge is 2.38. The number of alkyl halides is 1. The molecule has 1 atom stereocenters. The largest absolute Gasteiger partial charge is 0.341 e. The van der Waals surface area contributed by atoms with E-state index in [2.05, 4.69) is 0 Å². The van der Waals surface area contributed by atoms with Crippen LogP contribution in [0.1, 0.15) is 32.1 Å². The molecular formula is C11H18ClNO3S. The van der Waals surface area contributed by atoms with Crippen LogP contribution in [0.25, 0.3) is 0 Å². The molecule has 0 aromatic rings. The van der Waals surface area contributed by atoms with Gasteiger partial charge in [-0.2, -0.15) is 0 Å². The Labute approximate surface area is 107 Å². The SMILES string of the molecule is O=C(C1CCCCS1(=O)=O)N1CCC(Cl)CC1. The van der Waals surface area contributed by atoms with E-state index in [1.165, 1.54) is 0 Å². The van der Waals surface area contributed by atoms with E-state index in [1.54, 1.807) is 4.90 Å². The minimum absolute atomic E-state index is 0.127. The number of piperidine rings is 1. The molecule has 0 aromatic carbocycles. The molecule has 0 radical (unpaired) electrons. The Balaban J connectivity index is 2.04. The molecule has 6 heteroatoms. The topological polar surface area (TPSA) is 54.5 Å². The molecule has 4 nitrogen and oxygen atoms in total. The van der Waals surface area contributed by atoms with E-state index in [9.17, 15) is 13.2 Å². The lowest BCUT2D eigenvalue weighted by atomic mass is 10.1. The van der Waals surface area contributed by atoms with Crippen molar-refractivity contribution >= 4 is 27.3 Å². The van der Waals surface area contributed by atoms with Crippen LogP contribution >= 0.6 is 11.6 Å². The monoisotopic (exact) mass is 279 g/mol. The Morgan fingerprint density at radius 2 is 1.76 bits per heavy atom. The highest BCUT2D eigenvalue weighted by Crippen LogP contribution is 2.24. The van der Waals surface area contributed by atoms with Crippen LogP contribution in [-0.4, -0.2) is 48.7 Å². The summed E-state index contributed by atoms with van der Waals surface area (Å²) < 4.78 is 23.7. The molecule has 0 bridgehead atoms. The third-order valence-corrected chi connectivity index (χ3v) is 6.19. The molecule has 0 N–H and O–H groups in total. The van der Waals surface area contributed by atoms with Gasteiger partial charge >= 0.3 is 0 Å². The van der Waals surface area contributed by atoms with Crippen molar-refractivity contribution in [1.29, 1.82) is 0 Å². The predicted molar refractivity (Wildman–Crippen MR) is 66.9 cm³/mol. The number of carbonyl (C=O) groups excluding carboxylic acids is 1. The van der Waals surface area contributed by atoms with Crippen LogP contribution in [0.5, 0.6) is 0 Å². The van der Waals surface area contributed by atoms with Gasteiger partial charge in [-0.15, -0.1) is 11.6 Å². The molecular weight excluding hydrogens is 262 g/mol. The Morgan fingerprint density at radius 1 is 1.12 bits per heavy atom. The van der Waals surface area contributed by atoms with Crippen molar-refractivity contribution in [3.8, 4) is 0 Å². The maximum absolute atomic E-state index is 12.2. The molecule has 2 aliphatic heterocycles. The first kappa shape index (κ1) is 13.1. The highest BCUT2D eigenvalue weighted by molar-refractivity contribution is 7.92. The van der Waals surface area contributed by atoms with E-state index in [0.29, 0.717) is 25.9 Å². The minimum atomic E-state index is -3.21. The van der Waals surface area contributed by atoms with Gasteiger partial charge in [0.05, 0.1) is 5.75 Å². The minimum Gasteiger partial charge on any atom is -0.341 e. The van der Waals surface area contributed by atoms with Crippen LogP contribution in [0.3, 0.4) is 0 Å². The number of carbonyl (C=O) groups is 1. The molecule has 1 unspecified atom stereocenters. The Bertz CT molecular complexity index is 388. The fourth-order valence-corrected chi connectivity index (χ4v) is 4.57. The van der Waals surface area contributed by atoms with Gasteiger partial charge in [0, 0.05) is 18.5 Å². The summed E-state index contributed by atoms with van der Waals surface area (Å²) in [6.07, 6.45) is 3.54. The zero-order valence-corrected chi connectivity index (χ0v) is 11.3. The fourth-order valence-electron chi connectivity index (χ4n) is 2.50. The number of hydrogen-bond acceptors (Lipinski definition) is 3. The van der Waals surface area contributed by atoms with Crippen molar-refractivity contribution < 1.29 is 13.2 Å². The molecule has 1 amide bonds. The summed E-state index contributed by atoms with van der Waals surface area (Å²) >= 11 is 5.97. The number of amides is 1. The molecule has 0 aliphatic carbocycles. The zero-order valence-electron chi connectivity index (χ0n) is 9.77. The standard InChI is InChI=1S/C11H18ClNO3S/c12-9-4-6-13(7-5-9)11(14)10-3-1-2-8-17(10,15)16/h9-10H,1-8H2. The fraction of sp³-hybridized carbons (Fsp3) is 0.909. The quantitative estimate of drug-likeness (QED) is 0.678. The number of nitrogens with zero attached hydrogens (tertiary/aromatic N) is 1. The molecule has 0 spiro atoms. The number of halogens is 1. The zero-order chi connectivity index (χ0) is 12.5. The first-order valence-electron chi connectivity index (χ1n) is 6.15. The van der Waals surface area contributed by atoms with Crippen molar-refractivity contribution in [2.24, 2.45) is 0 Å². The lowest BCUT2D eigenvalue weighted by Gasteiger charge is -2.33.